The van der Waals surface area contributed by atoms with Crippen molar-refractivity contribution >= 4 is 23.6 Å². The fourth-order valence-corrected chi connectivity index (χ4v) is 4.22. The summed E-state index contributed by atoms with van der Waals surface area (Å²) in [4.78, 5) is 27.7. The Balaban J connectivity index is 2.05. The Bertz CT molecular complexity index is 795. The van der Waals surface area contributed by atoms with E-state index < -0.39 is 6.04 Å². The van der Waals surface area contributed by atoms with Crippen LogP contribution in [0.3, 0.4) is 0 Å². The molecule has 0 heterocycles. The smallest absolute Gasteiger partial charge is 0.242 e. The Morgan fingerprint density at radius 3 is 2.40 bits per heavy atom. The van der Waals surface area contributed by atoms with E-state index >= 15 is 0 Å². The van der Waals surface area contributed by atoms with Crippen LogP contribution >= 0.6 is 11.8 Å². The number of amides is 2. The number of nitrogens with zero attached hydrogens (tertiary/aromatic N) is 1. The number of benzene rings is 2. The van der Waals surface area contributed by atoms with Gasteiger partial charge in [0, 0.05) is 31.0 Å². The molecule has 0 aliphatic heterocycles. The van der Waals surface area contributed by atoms with E-state index in [4.69, 9.17) is 0 Å². The topological polar surface area (TPSA) is 49.4 Å². The summed E-state index contributed by atoms with van der Waals surface area (Å²) in [6.07, 6.45) is 1.91. The molecule has 1 atom stereocenters. The van der Waals surface area contributed by atoms with E-state index in [1.165, 1.54) is 5.56 Å². The minimum absolute atomic E-state index is 0.0392. The first-order valence-corrected chi connectivity index (χ1v) is 12.0. The van der Waals surface area contributed by atoms with Crippen molar-refractivity contribution in [2.24, 2.45) is 0 Å². The molecule has 0 aromatic heterocycles. The van der Waals surface area contributed by atoms with Gasteiger partial charge in [-0.3, -0.25) is 9.59 Å². The van der Waals surface area contributed by atoms with Gasteiger partial charge >= 0.3 is 0 Å². The van der Waals surface area contributed by atoms with Gasteiger partial charge in [-0.05, 0) is 36.5 Å². The molecule has 0 bridgehead atoms. The highest BCUT2D eigenvalue weighted by molar-refractivity contribution is 7.98. The molecule has 2 aromatic rings. The predicted molar refractivity (Wildman–Crippen MR) is 126 cm³/mol. The SMILES string of the molecule is CCCNC(=O)C(CC)N(Cc1ccccc1C)C(=O)CCSCc1ccccc1. The molecule has 0 radical (unpaired) electrons. The van der Waals surface area contributed by atoms with Gasteiger partial charge < -0.3 is 10.2 Å². The lowest BCUT2D eigenvalue weighted by Crippen LogP contribution is -2.49. The van der Waals surface area contributed by atoms with Crippen LogP contribution in [0.1, 0.15) is 49.8 Å². The summed E-state index contributed by atoms with van der Waals surface area (Å²) in [6, 6.07) is 17.9. The molecular formula is C25H34N2O2S. The van der Waals surface area contributed by atoms with Crippen LogP contribution in [0.25, 0.3) is 0 Å². The van der Waals surface area contributed by atoms with Crippen LogP contribution in [0.15, 0.2) is 54.6 Å². The van der Waals surface area contributed by atoms with Gasteiger partial charge in [0.25, 0.3) is 0 Å². The lowest BCUT2D eigenvalue weighted by atomic mass is 10.1. The third-order valence-electron chi connectivity index (χ3n) is 5.11. The highest BCUT2D eigenvalue weighted by Crippen LogP contribution is 2.18. The summed E-state index contributed by atoms with van der Waals surface area (Å²) in [7, 11) is 0. The van der Waals surface area contributed by atoms with Crippen molar-refractivity contribution in [2.75, 3.05) is 12.3 Å². The predicted octanol–water partition coefficient (Wildman–Crippen LogP) is 4.95. The van der Waals surface area contributed by atoms with Crippen molar-refractivity contribution in [1.82, 2.24) is 10.2 Å². The Kier molecular flexibility index (Phi) is 10.5. The largest absolute Gasteiger partial charge is 0.354 e. The Morgan fingerprint density at radius 1 is 1.03 bits per heavy atom. The number of carbonyl (C=O) groups is 2. The molecule has 162 valence electrons. The summed E-state index contributed by atoms with van der Waals surface area (Å²) in [5.74, 6) is 1.61. The van der Waals surface area contributed by atoms with Crippen molar-refractivity contribution in [2.45, 2.75) is 58.4 Å². The Morgan fingerprint density at radius 2 is 1.73 bits per heavy atom. The van der Waals surface area contributed by atoms with Gasteiger partial charge in [-0.2, -0.15) is 11.8 Å². The first-order chi connectivity index (χ1) is 14.6. The van der Waals surface area contributed by atoms with Gasteiger partial charge in [-0.15, -0.1) is 0 Å². The molecule has 0 spiro atoms. The average molecular weight is 427 g/mol. The molecule has 5 heteroatoms. The minimum Gasteiger partial charge on any atom is -0.354 e. The number of carbonyl (C=O) groups excluding carboxylic acids is 2. The fraction of sp³-hybridized carbons (Fsp3) is 0.440. The molecule has 2 rings (SSSR count). The van der Waals surface area contributed by atoms with E-state index in [2.05, 4.69) is 17.4 Å². The molecule has 1 N–H and O–H groups in total. The molecule has 30 heavy (non-hydrogen) atoms. The second-order valence-corrected chi connectivity index (χ2v) is 8.56. The zero-order chi connectivity index (χ0) is 21.8. The van der Waals surface area contributed by atoms with Gasteiger partial charge in [0.15, 0.2) is 0 Å². The molecule has 4 nitrogen and oxygen atoms in total. The van der Waals surface area contributed by atoms with Crippen LogP contribution in [0.4, 0.5) is 0 Å². The average Bonchev–Trinajstić information content (AvgIpc) is 2.77. The van der Waals surface area contributed by atoms with Gasteiger partial charge in [-0.1, -0.05) is 68.4 Å². The van der Waals surface area contributed by atoms with Crippen molar-refractivity contribution in [1.29, 1.82) is 0 Å². The number of hydrogen-bond acceptors (Lipinski definition) is 3. The number of rotatable bonds is 12. The third kappa shape index (κ3) is 7.52. The lowest BCUT2D eigenvalue weighted by Gasteiger charge is -2.31. The summed E-state index contributed by atoms with van der Waals surface area (Å²) < 4.78 is 0. The van der Waals surface area contributed by atoms with E-state index in [0.29, 0.717) is 25.9 Å². The van der Waals surface area contributed by atoms with Crippen molar-refractivity contribution in [3.63, 3.8) is 0 Å². The third-order valence-corrected chi connectivity index (χ3v) is 6.14. The van der Waals surface area contributed by atoms with E-state index in [0.717, 1.165) is 29.1 Å². The highest BCUT2D eigenvalue weighted by Gasteiger charge is 2.28. The van der Waals surface area contributed by atoms with Crippen LogP contribution in [0.2, 0.25) is 0 Å². The molecule has 0 fully saturated rings. The Hall–Kier alpha value is -2.27. The van der Waals surface area contributed by atoms with Crippen molar-refractivity contribution in [3.8, 4) is 0 Å². The standard InChI is InChI=1S/C25H34N2O2S/c1-4-16-26-25(29)23(5-2)27(18-22-14-10-9-11-20(22)3)24(28)15-17-30-19-21-12-7-6-8-13-21/h6-14,23H,4-5,15-19H2,1-3H3,(H,26,29). The molecule has 0 aliphatic rings. The Labute approximate surface area is 185 Å². The zero-order valence-electron chi connectivity index (χ0n) is 18.4. The fourth-order valence-electron chi connectivity index (χ4n) is 3.32. The molecule has 2 aromatic carbocycles. The number of nitrogens with one attached hydrogen (secondary N) is 1. The summed E-state index contributed by atoms with van der Waals surface area (Å²) in [5, 5.41) is 2.97. The first-order valence-electron chi connectivity index (χ1n) is 10.8. The van der Waals surface area contributed by atoms with Gasteiger partial charge in [0.05, 0.1) is 0 Å². The zero-order valence-corrected chi connectivity index (χ0v) is 19.2. The summed E-state index contributed by atoms with van der Waals surface area (Å²) in [5.41, 5.74) is 3.49. The van der Waals surface area contributed by atoms with E-state index in [1.807, 2.05) is 63.2 Å². The van der Waals surface area contributed by atoms with Crippen LogP contribution in [-0.4, -0.2) is 35.1 Å². The first kappa shape index (κ1) is 24.0. The van der Waals surface area contributed by atoms with Gasteiger partial charge in [0.1, 0.15) is 6.04 Å². The van der Waals surface area contributed by atoms with E-state index in [-0.39, 0.29) is 11.8 Å². The van der Waals surface area contributed by atoms with Crippen LogP contribution < -0.4 is 5.32 Å². The minimum atomic E-state index is -0.442. The highest BCUT2D eigenvalue weighted by atomic mass is 32.2. The normalized spacial score (nSPS) is 11.7. The maximum Gasteiger partial charge on any atom is 0.242 e. The summed E-state index contributed by atoms with van der Waals surface area (Å²) in [6.45, 7) is 7.15. The number of aryl methyl sites for hydroxylation is 1. The maximum atomic E-state index is 13.2. The van der Waals surface area contributed by atoms with E-state index in [1.54, 1.807) is 16.7 Å². The quantitative estimate of drug-likeness (QED) is 0.489. The monoisotopic (exact) mass is 426 g/mol. The molecule has 0 aliphatic carbocycles. The van der Waals surface area contributed by atoms with Crippen LogP contribution in [0.5, 0.6) is 0 Å². The van der Waals surface area contributed by atoms with Gasteiger partial charge in [-0.25, -0.2) is 0 Å². The molecular weight excluding hydrogens is 392 g/mol. The lowest BCUT2D eigenvalue weighted by molar-refractivity contribution is -0.141. The van der Waals surface area contributed by atoms with E-state index in [9.17, 15) is 9.59 Å². The van der Waals surface area contributed by atoms with Crippen molar-refractivity contribution < 1.29 is 9.59 Å². The maximum absolute atomic E-state index is 13.2. The van der Waals surface area contributed by atoms with Crippen LogP contribution in [0, 0.1) is 6.92 Å². The number of thioether (sulfide) groups is 1. The molecule has 2 amide bonds. The number of hydrogen-bond donors (Lipinski definition) is 1. The molecule has 1 unspecified atom stereocenters. The molecule has 0 saturated carbocycles. The summed E-state index contributed by atoms with van der Waals surface area (Å²) >= 11 is 1.76. The van der Waals surface area contributed by atoms with Crippen LogP contribution in [-0.2, 0) is 21.9 Å². The van der Waals surface area contributed by atoms with Crippen molar-refractivity contribution in [3.05, 3.63) is 71.3 Å². The second kappa shape index (κ2) is 13.1. The molecule has 0 saturated heterocycles. The van der Waals surface area contributed by atoms with Gasteiger partial charge in [0.2, 0.25) is 11.8 Å². The second-order valence-electron chi connectivity index (χ2n) is 7.45.